The van der Waals surface area contributed by atoms with E-state index in [2.05, 4.69) is 26.0 Å². The van der Waals surface area contributed by atoms with Crippen LogP contribution in [0.15, 0.2) is 30.9 Å². The molecule has 0 heterocycles. The Hall–Kier alpha value is -1.81. The Kier molecular flexibility index (Phi) is 4.50. The summed E-state index contributed by atoms with van der Waals surface area (Å²) in [5.74, 6) is 0.546. The molecule has 98 valence electrons. The molecule has 1 rings (SSSR count). The molecule has 0 atom stereocenters. The molecule has 1 N–H and O–H groups in total. The van der Waals surface area contributed by atoms with Crippen LogP contribution in [0.5, 0.6) is 5.75 Å². The minimum Gasteiger partial charge on any atom is -0.410 e. The van der Waals surface area contributed by atoms with Crippen molar-refractivity contribution in [3.8, 4) is 5.75 Å². The fraction of sp³-hybridized carbons (Fsp3) is 0.357. The summed E-state index contributed by atoms with van der Waals surface area (Å²) in [5, 5.41) is 2.43. The Morgan fingerprint density at radius 3 is 2.72 bits per heavy atom. The van der Waals surface area contributed by atoms with E-state index in [4.69, 9.17) is 4.74 Å². The molecule has 0 unspecified atom stereocenters. The van der Waals surface area contributed by atoms with Crippen LogP contribution in [0.4, 0.5) is 10.5 Å². The Morgan fingerprint density at radius 1 is 1.50 bits per heavy atom. The maximum atomic E-state index is 11.2. The summed E-state index contributed by atoms with van der Waals surface area (Å²) >= 11 is 0. The van der Waals surface area contributed by atoms with Crippen molar-refractivity contribution in [1.29, 1.82) is 0 Å². The van der Waals surface area contributed by atoms with Gasteiger partial charge in [0, 0.05) is 18.7 Å². The Balaban J connectivity index is 3.08. The Bertz CT molecular complexity index is 453. The zero-order valence-electron chi connectivity index (χ0n) is 11.5. The summed E-state index contributed by atoms with van der Waals surface area (Å²) in [6, 6.07) is 5.65. The van der Waals surface area contributed by atoms with Gasteiger partial charge in [0.2, 0.25) is 0 Å². The molecule has 1 aromatic carbocycles. The van der Waals surface area contributed by atoms with Gasteiger partial charge in [-0.1, -0.05) is 6.58 Å². The lowest BCUT2D eigenvalue weighted by molar-refractivity contribution is 0.203. The van der Waals surface area contributed by atoms with Gasteiger partial charge in [-0.05, 0) is 25.1 Å². The van der Waals surface area contributed by atoms with Crippen LogP contribution < -0.4 is 14.5 Å². The number of quaternary nitrogens is 1. The molecule has 18 heavy (non-hydrogen) atoms. The van der Waals surface area contributed by atoms with Gasteiger partial charge in [-0.2, -0.15) is 0 Å². The number of rotatable bonds is 4. The minimum absolute atomic E-state index is 0.459. The second-order valence-electron chi connectivity index (χ2n) is 4.74. The van der Waals surface area contributed by atoms with Crippen LogP contribution in [-0.2, 0) is 0 Å². The molecule has 0 fully saturated rings. The van der Waals surface area contributed by atoms with E-state index in [-0.39, 0.29) is 0 Å². The second-order valence-corrected chi connectivity index (χ2v) is 4.74. The van der Waals surface area contributed by atoms with Crippen molar-refractivity contribution in [3.05, 3.63) is 36.4 Å². The quantitative estimate of drug-likeness (QED) is 0.657. The number of carbonyl (C=O) groups excluding carboxylic acids is 1. The molecule has 0 aliphatic carbocycles. The number of aryl methyl sites for hydroxylation is 1. The van der Waals surface area contributed by atoms with Gasteiger partial charge in [0.15, 0.2) is 0 Å². The number of nitrogens with one attached hydrogen (secondary N) is 1. The van der Waals surface area contributed by atoms with Gasteiger partial charge in [-0.3, -0.25) is 4.48 Å². The fourth-order valence-corrected chi connectivity index (χ4v) is 1.88. The summed E-state index contributed by atoms with van der Waals surface area (Å²) in [6.45, 7) is 6.63. The lowest BCUT2D eigenvalue weighted by Crippen LogP contribution is -2.41. The summed E-state index contributed by atoms with van der Waals surface area (Å²) in [5.41, 5.74) is 2.27. The molecule has 1 aromatic rings. The van der Waals surface area contributed by atoms with E-state index in [9.17, 15) is 4.79 Å². The highest BCUT2D eigenvalue weighted by Gasteiger charge is 2.21. The van der Waals surface area contributed by atoms with Gasteiger partial charge in [0.1, 0.15) is 18.0 Å². The molecule has 0 radical (unpaired) electrons. The normalized spacial score (nSPS) is 10.9. The SMILES string of the molecule is C=CC[N+](C)(C)c1cc(OC(=O)NC)ccc1C. The highest BCUT2D eigenvalue weighted by Crippen LogP contribution is 2.28. The zero-order chi connectivity index (χ0) is 13.8. The second kappa shape index (κ2) is 5.69. The molecule has 0 spiro atoms. The maximum Gasteiger partial charge on any atom is 0.412 e. The standard InChI is InChI=1S/C14H20N2O2/c1-6-9-16(4,5)13-10-12(8-7-11(13)2)18-14(17)15-3/h6-8,10H,1,9H2,2-5H3/p+1. The van der Waals surface area contributed by atoms with Gasteiger partial charge in [0.25, 0.3) is 0 Å². The third-order valence-electron chi connectivity index (χ3n) is 2.83. The van der Waals surface area contributed by atoms with Crippen LogP contribution in [0.3, 0.4) is 0 Å². The van der Waals surface area contributed by atoms with Crippen LogP contribution in [0.1, 0.15) is 5.56 Å². The van der Waals surface area contributed by atoms with Crippen molar-refractivity contribution in [1.82, 2.24) is 9.80 Å². The molecule has 0 saturated carbocycles. The Morgan fingerprint density at radius 2 is 2.17 bits per heavy atom. The van der Waals surface area contributed by atoms with Crippen molar-refractivity contribution in [2.45, 2.75) is 6.92 Å². The van der Waals surface area contributed by atoms with Gasteiger partial charge in [-0.15, -0.1) is 0 Å². The van der Waals surface area contributed by atoms with Crippen molar-refractivity contribution < 1.29 is 9.53 Å². The predicted molar refractivity (Wildman–Crippen MR) is 75.0 cm³/mol. The van der Waals surface area contributed by atoms with Crippen molar-refractivity contribution in [2.24, 2.45) is 0 Å². The van der Waals surface area contributed by atoms with E-state index in [1.165, 1.54) is 7.05 Å². The van der Waals surface area contributed by atoms with Crippen LogP contribution in [0, 0.1) is 6.92 Å². The number of likely N-dealkylation sites (N-methyl/N-ethyl adjacent to an activating group) is 1. The number of nitrogens with zero attached hydrogens (tertiary/aromatic N) is 1. The molecule has 0 aromatic heterocycles. The summed E-state index contributed by atoms with van der Waals surface area (Å²) in [6.07, 6.45) is 1.42. The zero-order valence-corrected chi connectivity index (χ0v) is 11.5. The van der Waals surface area contributed by atoms with E-state index < -0.39 is 6.09 Å². The summed E-state index contributed by atoms with van der Waals surface area (Å²) in [4.78, 5) is 11.2. The van der Waals surface area contributed by atoms with Crippen LogP contribution >= 0.6 is 0 Å². The third-order valence-corrected chi connectivity index (χ3v) is 2.83. The number of benzene rings is 1. The number of ether oxygens (including phenoxy) is 1. The molecule has 1 amide bonds. The highest BCUT2D eigenvalue weighted by molar-refractivity contribution is 5.70. The molecular formula is C14H21N2O2+. The van der Waals surface area contributed by atoms with Crippen molar-refractivity contribution in [2.75, 3.05) is 27.7 Å². The van der Waals surface area contributed by atoms with Crippen LogP contribution in [-0.4, -0.2) is 33.8 Å². The molecule has 0 aliphatic heterocycles. The average Bonchev–Trinajstić information content (AvgIpc) is 2.31. The number of amides is 1. The first-order valence-electron chi connectivity index (χ1n) is 5.85. The van der Waals surface area contributed by atoms with Crippen molar-refractivity contribution in [3.63, 3.8) is 0 Å². The minimum atomic E-state index is -0.459. The van der Waals surface area contributed by atoms with Gasteiger partial charge >= 0.3 is 6.09 Å². The van der Waals surface area contributed by atoms with Crippen molar-refractivity contribution >= 4 is 11.8 Å². The van der Waals surface area contributed by atoms with Gasteiger partial charge in [0.05, 0.1) is 14.1 Å². The highest BCUT2D eigenvalue weighted by atomic mass is 16.5. The van der Waals surface area contributed by atoms with E-state index >= 15 is 0 Å². The first-order chi connectivity index (χ1) is 8.40. The average molecular weight is 249 g/mol. The van der Waals surface area contributed by atoms with E-state index in [1.54, 1.807) is 6.07 Å². The van der Waals surface area contributed by atoms with E-state index in [1.807, 2.05) is 25.1 Å². The van der Waals surface area contributed by atoms with Crippen LogP contribution in [0.25, 0.3) is 0 Å². The smallest absolute Gasteiger partial charge is 0.410 e. The number of hydrogen-bond donors (Lipinski definition) is 1. The van der Waals surface area contributed by atoms with Gasteiger partial charge in [-0.25, -0.2) is 4.79 Å². The Labute approximate surface area is 108 Å². The molecular weight excluding hydrogens is 228 g/mol. The number of hydrogen-bond acceptors (Lipinski definition) is 2. The van der Waals surface area contributed by atoms with E-state index in [0.29, 0.717) is 10.2 Å². The largest absolute Gasteiger partial charge is 0.412 e. The first kappa shape index (κ1) is 14.3. The van der Waals surface area contributed by atoms with E-state index in [0.717, 1.165) is 17.8 Å². The molecule has 4 nitrogen and oxygen atoms in total. The topological polar surface area (TPSA) is 38.3 Å². The maximum absolute atomic E-state index is 11.2. The molecule has 0 bridgehead atoms. The molecule has 0 aliphatic rings. The summed E-state index contributed by atoms with van der Waals surface area (Å²) < 4.78 is 5.81. The first-order valence-corrected chi connectivity index (χ1v) is 5.85. The summed E-state index contributed by atoms with van der Waals surface area (Å²) in [7, 11) is 5.72. The monoisotopic (exact) mass is 249 g/mol. The third kappa shape index (κ3) is 3.34. The molecule has 0 saturated heterocycles. The lowest BCUT2D eigenvalue weighted by atomic mass is 10.1. The van der Waals surface area contributed by atoms with Crippen LogP contribution in [0.2, 0.25) is 0 Å². The number of carbonyl (C=O) groups is 1. The van der Waals surface area contributed by atoms with Gasteiger partial charge < -0.3 is 10.1 Å². The fourth-order valence-electron chi connectivity index (χ4n) is 1.88. The lowest BCUT2D eigenvalue weighted by Gasteiger charge is -2.29. The molecule has 4 heteroatoms. The predicted octanol–water partition coefficient (Wildman–Crippen LogP) is 2.47.